The molecule has 10 aromatic carbocycles. The highest BCUT2D eigenvalue weighted by Crippen LogP contribution is 2.59. The zero-order chi connectivity index (χ0) is 42.2. The standard InChI is InChI=1S/C61H39NOS/c1-3-16-44(17-4-1)61(45-18-5-2-6-19-45)53-24-10-7-23-51(53)60-54(61)25-14-26-55(60)62(46-33-29-40(30-34-46)43-31-35-49-48-21-8-11-27-56(48)63-57(49)39-43)47-20-13-15-41(37-47)42-32-36-59-52(38-42)50-22-9-12-28-58(50)64-59/h1-39H. The van der Waals surface area contributed by atoms with E-state index in [9.17, 15) is 0 Å². The van der Waals surface area contributed by atoms with E-state index in [0.29, 0.717) is 0 Å². The molecule has 0 spiro atoms. The van der Waals surface area contributed by atoms with Crippen LogP contribution in [0.4, 0.5) is 17.1 Å². The molecule has 0 saturated carbocycles. The fraction of sp³-hybridized carbons (Fsp3) is 0.0164. The molecule has 0 atom stereocenters. The summed E-state index contributed by atoms with van der Waals surface area (Å²) in [4.78, 5) is 2.47. The summed E-state index contributed by atoms with van der Waals surface area (Å²) in [5, 5.41) is 4.88. The van der Waals surface area contributed by atoms with Crippen LogP contribution in [0.5, 0.6) is 0 Å². The van der Waals surface area contributed by atoms with Crippen molar-refractivity contribution in [1.29, 1.82) is 0 Å². The number of hydrogen-bond donors (Lipinski definition) is 0. The summed E-state index contributed by atoms with van der Waals surface area (Å²) in [6, 6.07) is 86.7. The Bertz CT molecular complexity index is 3690. The first kappa shape index (κ1) is 36.7. The van der Waals surface area contributed by atoms with Crippen LogP contribution in [0.25, 0.3) is 75.5 Å². The second kappa shape index (κ2) is 14.6. The van der Waals surface area contributed by atoms with Gasteiger partial charge in [-0.05, 0) is 117 Å². The van der Waals surface area contributed by atoms with Crippen molar-refractivity contribution in [2.75, 3.05) is 4.90 Å². The first-order valence-corrected chi connectivity index (χ1v) is 22.7. The minimum Gasteiger partial charge on any atom is -0.456 e. The lowest BCUT2D eigenvalue weighted by molar-refractivity contribution is 0.669. The molecule has 0 saturated heterocycles. The number of rotatable bonds is 7. The summed E-state index contributed by atoms with van der Waals surface area (Å²) < 4.78 is 8.95. The molecule has 0 radical (unpaired) electrons. The minimum absolute atomic E-state index is 0.518. The molecule has 0 aliphatic heterocycles. The van der Waals surface area contributed by atoms with Crippen molar-refractivity contribution in [2.24, 2.45) is 0 Å². The summed E-state index contributed by atoms with van der Waals surface area (Å²) in [5.41, 5.74) is 16.8. The van der Waals surface area contributed by atoms with Gasteiger partial charge in [0, 0.05) is 47.9 Å². The van der Waals surface area contributed by atoms with Gasteiger partial charge in [0.15, 0.2) is 0 Å². The van der Waals surface area contributed by atoms with Gasteiger partial charge in [-0.2, -0.15) is 0 Å². The van der Waals surface area contributed by atoms with E-state index in [4.69, 9.17) is 4.42 Å². The van der Waals surface area contributed by atoms with Gasteiger partial charge in [-0.1, -0.05) is 170 Å². The monoisotopic (exact) mass is 833 g/mol. The van der Waals surface area contributed by atoms with Gasteiger partial charge in [-0.15, -0.1) is 11.3 Å². The largest absolute Gasteiger partial charge is 0.456 e. The number of furan rings is 1. The predicted octanol–water partition coefficient (Wildman–Crippen LogP) is 17.1. The van der Waals surface area contributed by atoms with Gasteiger partial charge < -0.3 is 9.32 Å². The normalized spacial score (nSPS) is 12.8. The molecular formula is C61H39NOS. The van der Waals surface area contributed by atoms with Gasteiger partial charge in [0.2, 0.25) is 0 Å². The van der Waals surface area contributed by atoms with E-state index >= 15 is 0 Å². The SMILES string of the molecule is c1ccc(C2(c3ccccc3)c3ccccc3-c3c(N(c4ccc(-c5ccc6c(c5)oc5ccccc56)cc4)c4cccc(-c5ccc6sc7ccccc7c6c5)c4)cccc32)cc1. The maximum atomic E-state index is 6.32. The average molecular weight is 834 g/mol. The lowest BCUT2D eigenvalue weighted by atomic mass is 9.68. The third-order valence-electron chi connectivity index (χ3n) is 13.4. The van der Waals surface area contributed by atoms with Crippen LogP contribution >= 0.6 is 11.3 Å². The van der Waals surface area contributed by atoms with Gasteiger partial charge >= 0.3 is 0 Å². The zero-order valence-electron chi connectivity index (χ0n) is 34.8. The number of anilines is 3. The minimum atomic E-state index is -0.518. The van der Waals surface area contributed by atoms with Crippen LogP contribution in [0.3, 0.4) is 0 Å². The summed E-state index contributed by atoms with van der Waals surface area (Å²) >= 11 is 1.86. The van der Waals surface area contributed by atoms with Crippen LogP contribution in [-0.4, -0.2) is 0 Å². The summed E-state index contributed by atoms with van der Waals surface area (Å²) in [5.74, 6) is 0. The molecular weight excluding hydrogens is 795 g/mol. The van der Waals surface area contributed by atoms with Crippen LogP contribution in [0, 0.1) is 0 Å². The van der Waals surface area contributed by atoms with E-state index in [1.54, 1.807) is 0 Å². The van der Waals surface area contributed by atoms with Crippen LogP contribution in [-0.2, 0) is 5.41 Å². The first-order valence-electron chi connectivity index (χ1n) is 21.9. The summed E-state index contributed by atoms with van der Waals surface area (Å²) in [6.07, 6.45) is 0. The van der Waals surface area contributed by atoms with Crippen molar-refractivity contribution >= 4 is 70.5 Å². The Morgan fingerprint density at radius 1 is 0.359 bits per heavy atom. The van der Waals surface area contributed by atoms with Crippen molar-refractivity contribution < 1.29 is 4.42 Å². The number of nitrogens with zero attached hydrogens (tertiary/aromatic N) is 1. The van der Waals surface area contributed by atoms with E-state index in [-0.39, 0.29) is 0 Å². The van der Waals surface area contributed by atoms with Crippen molar-refractivity contribution in [1.82, 2.24) is 0 Å². The second-order valence-corrected chi connectivity index (χ2v) is 17.9. The molecule has 0 fully saturated rings. The highest BCUT2D eigenvalue weighted by atomic mass is 32.1. The molecule has 2 nitrogen and oxygen atoms in total. The van der Waals surface area contributed by atoms with Gasteiger partial charge in [-0.3, -0.25) is 0 Å². The van der Waals surface area contributed by atoms with E-state index in [0.717, 1.165) is 50.1 Å². The number of benzene rings is 10. The quantitative estimate of drug-likeness (QED) is 0.159. The second-order valence-electron chi connectivity index (χ2n) is 16.8. The molecule has 2 aromatic heterocycles. The molecule has 0 N–H and O–H groups in total. The van der Waals surface area contributed by atoms with E-state index in [2.05, 4.69) is 229 Å². The highest BCUT2D eigenvalue weighted by Gasteiger charge is 2.47. The van der Waals surface area contributed by atoms with E-state index in [1.807, 2.05) is 23.5 Å². The molecule has 2 heterocycles. The first-order chi connectivity index (χ1) is 31.7. The van der Waals surface area contributed by atoms with Crippen molar-refractivity contribution in [3.8, 4) is 33.4 Å². The van der Waals surface area contributed by atoms with Crippen LogP contribution in [0.1, 0.15) is 22.3 Å². The molecule has 300 valence electrons. The Morgan fingerprint density at radius 2 is 0.969 bits per heavy atom. The zero-order valence-corrected chi connectivity index (χ0v) is 35.6. The highest BCUT2D eigenvalue weighted by molar-refractivity contribution is 7.25. The van der Waals surface area contributed by atoms with Crippen molar-refractivity contribution in [3.05, 3.63) is 259 Å². The maximum absolute atomic E-state index is 6.32. The number of fused-ring (bicyclic) bond motifs is 9. The third kappa shape index (κ3) is 5.58. The molecule has 0 amide bonds. The van der Waals surface area contributed by atoms with Gasteiger partial charge in [-0.25, -0.2) is 0 Å². The van der Waals surface area contributed by atoms with Crippen LogP contribution in [0.15, 0.2) is 241 Å². The Kier molecular flexibility index (Phi) is 8.34. The van der Waals surface area contributed by atoms with Gasteiger partial charge in [0.05, 0.1) is 11.1 Å². The number of para-hydroxylation sites is 1. The molecule has 13 rings (SSSR count). The average Bonchev–Trinajstić information content (AvgIpc) is 4.03. The molecule has 1 aliphatic rings. The molecule has 3 heteroatoms. The van der Waals surface area contributed by atoms with E-state index < -0.39 is 5.41 Å². The molecule has 0 unspecified atom stereocenters. The topological polar surface area (TPSA) is 16.4 Å². The summed E-state index contributed by atoms with van der Waals surface area (Å²) in [7, 11) is 0. The van der Waals surface area contributed by atoms with Crippen LogP contribution in [0.2, 0.25) is 0 Å². The molecule has 1 aliphatic carbocycles. The fourth-order valence-electron chi connectivity index (χ4n) is 10.5. The number of hydrogen-bond acceptors (Lipinski definition) is 3. The Morgan fingerprint density at radius 3 is 1.80 bits per heavy atom. The van der Waals surface area contributed by atoms with Crippen molar-refractivity contribution in [3.63, 3.8) is 0 Å². The third-order valence-corrected chi connectivity index (χ3v) is 14.5. The Hall–Kier alpha value is -7.98. The Balaban J connectivity index is 1.02. The molecule has 64 heavy (non-hydrogen) atoms. The maximum Gasteiger partial charge on any atom is 0.136 e. The van der Waals surface area contributed by atoms with Gasteiger partial charge in [0.1, 0.15) is 11.2 Å². The van der Waals surface area contributed by atoms with E-state index in [1.165, 1.54) is 64.7 Å². The molecule has 0 bridgehead atoms. The van der Waals surface area contributed by atoms with Gasteiger partial charge in [0.25, 0.3) is 0 Å². The lowest BCUT2D eigenvalue weighted by Gasteiger charge is -2.34. The predicted molar refractivity (Wildman–Crippen MR) is 269 cm³/mol. The lowest BCUT2D eigenvalue weighted by Crippen LogP contribution is -2.28. The van der Waals surface area contributed by atoms with Crippen LogP contribution < -0.4 is 4.90 Å². The fourth-order valence-corrected chi connectivity index (χ4v) is 11.6. The molecule has 12 aromatic rings. The van der Waals surface area contributed by atoms with Crippen molar-refractivity contribution in [2.45, 2.75) is 5.41 Å². The number of thiophene rings is 1. The summed E-state index contributed by atoms with van der Waals surface area (Å²) in [6.45, 7) is 0. The Labute approximate surface area is 375 Å². The smallest absolute Gasteiger partial charge is 0.136 e.